The molecule has 4 rings (SSSR count). The van der Waals surface area contributed by atoms with E-state index in [-0.39, 0.29) is 24.8 Å². The summed E-state index contributed by atoms with van der Waals surface area (Å²) in [6.45, 7) is 0. The molecule has 3 aromatic rings. The van der Waals surface area contributed by atoms with Gasteiger partial charge in [-0.15, -0.1) is 0 Å². The first-order valence-corrected chi connectivity index (χ1v) is 8.20. The minimum Gasteiger partial charge on any atom is -0.351 e. The Morgan fingerprint density at radius 1 is 0.885 bits per heavy atom. The Morgan fingerprint density at radius 3 is 2.27 bits per heavy atom. The number of alkyl halides is 2. The van der Waals surface area contributed by atoms with Crippen molar-refractivity contribution in [2.45, 2.75) is 24.8 Å². The molecule has 1 saturated carbocycles. The van der Waals surface area contributed by atoms with E-state index in [1.807, 2.05) is 30.3 Å². The first-order valence-electron chi connectivity index (χ1n) is 8.20. The average molecular weight is 354 g/mol. The van der Waals surface area contributed by atoms with Gasteiger partial charge in [0, 0.05) is 42.5 Å². The van der Waals surface area contributed by atoms with Crippen LogP contribution in [0.4, 0.5) is 26.4 Å². The summed E-state index contributed by atoms with van der Waals surface area (Å²) >= 11 is 0. The van der Waals surface area contributed by atoms with Crippen LogP contribution in [0.5, 0.6) is 0 Å². The van der Waals surface area contributed by atoms with Gasteiger partial charge in [-0.3, -0.25) is 4.98 Å². The van der Waals surface area contributed by atoms with Crippen molar-refractivity contribution in [2.75, 3.05) is 10.6 Å². The maximum atomic E-state index is 13.1. The highest BCUT2D eigenvalue weighted by Gasteiger charge is 2.45. The van der Waals surface area contributed by atoms with Crippen LogP contribution in [0.2, 0.25) is 0 Å². The zero-order valence-corrected chi connectivity index (χ0v) is 13.7. The lowest BCUT2D eigenvalue weighted by molar-refractivity contribution is -0.0794. The molecule has 8 heteroatoms. The lowest BCUT2D eigenvalue weighted by atomic mass is 9.88. The zero-order chi connectivity index (χ0) is 18.0. The van der Waals surface area contributed by atoms with E-state index in [0.717, 1.165) is 11.3 Å². The van der Waals surface area contributed by atoms with Gasteiger partial charge in [0.05, 0.1) is 0 Å². The molecule has 1 fully saturated rings. The van der Waals surface area contributed by atoms with Crippen LogP contribution in [0.25, 0.3) is 11.4 Å². The van der Waals surface area contributed by atoms with Crippen molar-refractivity contribution in [1.29, 1.82) is 0 Å². The molecule has 2 heterocycles. The lowest BCUT2D eigenvalue weighted by Gasteiger charge is -2.35. The molecule has 132 valence electrons. The number of hydrogen-bond acceptors (Lipinski definition) is 6. The van der Waals surface area contributed by atoms with Crippen LogP contribution in [-0.2, 0) is 0 Å². The Balaban J connectivity index is 1.63. The van der Waals surface area contributed by atoms with Crippen LogP contribution in [0.1, 0.15) is 12.8 Å². The number of nitrogens with one attached hydrogen (secondary N) is 2. The van der Waals surface area contributed by atoms with Gasteiger partial charge in [0.2, 0.25) is 11.9 Å². The smallest absolute Gasteiger partial charge is 0.252 e. The van der Waals surface area contributed by atoms with E-state index in [9.17, 15) is 8.78 Å². The molecule has 2 aromatic heterocycles. The van der Waals surface area contributed by atoms with Crippen LogP contribution < -0.4 is 10.6 Å². The van der Waals surface area contributed by atoms with E-state index < -0.39 is 5.92 Å². The molecule has 0 unspecified atom stereocenters. The van der Waals surface area contributed by atoms with Crippen LogP contribution in [0, 0.1) is 0 Å². The third-order valence-corrected chi connectivity index (χ3v) is 4.03. The molecule has 6 nitrogen and oxygen atoms in total. The van der Waals surface area contributed by atoms with E-state index in [1.165, 1.54) is 0 Å². The predicted octanol–water partition coefficient (Wildman–Crippen LogP) is 3.89. The molecule has 1 aromatic carbocycles. The van der Waals surface area contributed by atoms with Gasteiger partial charge < -0.3 is 10.6 Å². The maximum absolute atomic E-state index is 13.1. The molecule has 0 saturated heterocycles. The molecule has 26 heavy (non-hydrogen) atoms. The fourth-order valence-electron chi connectivity index (χ4n) is 2.72. The maximum Gasteiger partial charge on any atom is 0.252 e. The number of halogens is 2. The van der Waals surface area contributed by atoms with Crippen molar-refractivity contribution in [3.8, 4) is 11.4 Å². The Labute approximate surface area is 148 Å². The van der Waals surface area contributed by atoms with Gasteiger partial charge in [0.25, 0.3) is 5.92 Å². The van der Waals surface area contributed by atoms with Gasteiger partial charge in [-0.05, 0) is 12.1 Å². The summed E-state index contributed by atoms with van der Waals surface area (Å²) < 4.78 is 26.2. The molecule has 0 amide bonds. The highest BCUT2D eigenvalue weighted by Crippen LogP contribution is 2.38. The fraction of sp³-hybridized carbons (Fsp3) is 0.222. The average Bonchev–Trinajstić information content (AvgIpc) is 2.62. The molecule has 0 radical (unpaired) electrons. The minimum atomic E-state index is -2.61. The number of benzene rings is 1. The minimum absolute atomic E-state index is 0.216. The molecule has 0 aliphatic heterocycles. The normalized spacial score (nSPS) is 15.9. The largest absolute Gasteiger partial charge is 0.351 e. The number of pyridine rings is 1. The van der Waals surface area contributed by atoms with Gasteiger partial charge in [0.15, 0.2) is 5.82 Å². The van der Waals surface area contributed by atoms with E-state index >= 15 is 0 Å². The van der Waals surface area contributed by atoms with Crippen molar-refractivity contribution >= 4 is 17.6 Å². The molecule has 2 N–H and O–H groups in total. The van der Waals surface area contributed by atoms with Crippen molar-refractivity contribution < 1.29 is 8.78 Å². The third kappa shape index (κ3) is 3.74. The highest BCUT2D eigenvalue weighted by atomic mass is 19.3. The topological polar surface area (TPSA) is 75.6 Å². The summed E-state index contributed by atoms with van der Waals surface area (Å²) in [6, 6.07) is 12.7. The number of aromatic nitrogens is 4. The number of hydrogen-bond donors (Lipinski definition) is 2. The summed E-state index contributed by atoms with van der Waals surface area (Å²) in [5, 5.41) is 6.07. The van der Waals surface area contributed by atoms with E-state index in [0.29, 0.717) is 11.8 Å². The Morgan fingerprint density at radius 2 is 1.58 bits per heavy atom. The SMILES string of the molecule is FC1(F)CC(Nc2nc(Nc3ccncc3)nc(-c3ccccc3)n2)C1. The highest BCUT2D eigenvalue weighted by molar-refractivity contribution is 5.60. The standard InChI is InChI=1S/C18H16F2N6/c19-18(20)10-14(11-18)23-17-25-15(12-4-2-1-3-5-12)24-16(26-17)22-13-6-8-21-9-7-13/h1-9,14H,10-11H2,(H2,21,22,23,24,25,26). The molecule has 0 atom stereocenters. The number of anilines is 3. The quantitative estimate of drug-likeness (QED) is 0.724. The molecular formula is C18H16F2N6. The Hall–Kier alpha value is -3.16. The van der Waals surface area contributed by atoms with Crippen LogP contribution in [0.3, 0.4) is 0 Å². The van der Waals surface area contributed by atoms with Crippen LogP contribution in [0.15, 0.2) is 54.9 Å². The first kappa shape index (κ1) is 16.3. The van der Waals surface area contributed by atoms with Crippen molar-refractivity contribution in [3.63, 3.8) is 0 Å². The van der Waals surface area contributed by atoms with Crippen molar-refractivity contribution in [3.05, 3.63) is 54.9 Å². The first-order chi connectivity index (χ1) is 12.6. The van der Waals surface area contributed by atoms with E-state index in [4.69, 9.17) is 0 Å². The molecule has 0 spiro atoms. The van der Waals surface area contributed by atoms with Gasteiger partial charge in [-0.25, -0.2) is 8.78 Å². The van der Waals surface area contributed by atoms with Crippen LogP contribution >= 0.6 is 0 Å². The lowest BCUT2D eigenvalue weighted by Crippen LogP contribution is -2.44. The summed E-state index contributed by atoms with van der Waals surface area (Å²) in [7, 11) is 0. The van der Waals surface area contributed by atoms with E-state index in [2.05, 4.69) is 30.6 Å². The van der Waals surface area contributed by atoms with Gasteiger partial charge in [-0.1, -0.05) is 30.3 Å². The Bertz CT molecular complexity index is 881. The second kappa shape index (κ2) is 6.62. The van der Waals surface area contributed by atoms with Crippen molar-refractivity contribution in [1.82, 2.24) is 19.9 Å². The summed E-state index contributed by atoms with van der Waals surface area (Å²) in [4.78, 5) is 17.1. The third-order valence-electron chi connectivity index (χ3n) is 4.03. The zero-order valence-electron chi connectivity index (χ0n) is 13.7. The van der Waals surface area contributed by atoms with Gasteiger partial charge in [0.1, 0.15) is 0 Å². The summed E-state index contributed by atoms with van der Waals surface area (Å²) in [6.07, 6.45) is 2.87. The number of nitrogens with zero attached hydrogens (tertiary/aromatic N) is 4. The second-order valence-corrected chi connectivity index (χ2v) is 6.14. The molecule has 0 bridgehead atoms. The van der Waals surface area contributed by atoms with Crippen molar-refractivity contribution in [2.24, 2.45) is 0 Å². The number of rotatable bonds is 5. The van der Waals surface area contributed by atoms with E-state index in [1.54, 1.807) is 24.5 Å². The molecular weight excluding hydrogens is 338 g/mol. The second-order valence-electron chi connectivity index (χ2n) is 6.14. The van der Waals surface area contributed by atoms with Crippen LogP contribution in [-0.4, -0.2) is 31.9 Å². The van der Waals surface area contributed by atoms with Gasteiger partial charge >= 0.3 is 0 Å². The Kier molecular flexibility index (Phi) is 4.16. The van der Waals surface area contributed by atoms with Gasteiger partial charge in [-0.2, -0.15) is 15.0 Å². The molecule has 1 aliphatic carbocycles. The summed E-state index contributed by atoms with van der Waals surface area (Å²) in [5.41, 5.74) is 1.58. The predicted molar refractivity (Wildman–Crippen MR) is 94.4 cm³/mol. The fourth-order valence-corrected chi connectivity index (χ4v) is 2.72. The molecule has 1 aliphatic rings. The monoisotopic (exact) mass is 354 g/mol. The summed E-state index contributed by atoms with van der Waals surface area (Å²) in [5.74, 6) is -1.54.